The second kappa shape index (κ2) is 9.73. The summed E-state index contributed by atoms with van der Waals surface area (Å²) in [6, 6.07) is 0.838. The molecule has 10 heteroatoms. The zero-order valence-electron chi connectivity index (χ0n) is 21.5. The predicted octanol–water partition coefficient (Wildman–Crippen LogP) is 2.47. The number of aromatic nitrogens is 1. The Morgan fingerprint density at radius 3 is 2.40 bits per heavy atom. The minimum absolute atomic E-state index is 0.0945. The van der Waals surface area contributed by atoms with E-state index in [0.29, 0.717) is 11.1 Å². The quantitative estimate of drug-likeness (QED) is 0.457. The van der Waals surface area contributed by atoms with Gasteiger partial charge in [0.15, 0.2) is 0 Å². The van der Waals surface area contributed by atoms with Gasteiger partial charge in [0.25, 0.3) is 0 Å². The lowest BCUT2D eigenvalue weighted by Gasteiger charge is -2.31. The first kappa shape index (κ1) is 26.9. The zero-order chi connectivity index (χ0) is 26.2. The van der Waals surface area contributed by atoms with Crippen molar-refractivity contribution >= 4 is 23.8 Å². The lowest BCUT2D eigenvalue weighted by Crippen LogP contribution is -2.57. The van der Waals surface area contributed by atoms with Crippen LogP contribution in [-0.2, 0) is 26.3 Å². The number of rotatable bonds is 7. The second-order valence-corrected chi connectivity index (χ2v) is 11.3. The van der Waals surface area contributed by atoms with E-state index in [9.17, 15) is 24.6 Å². The van der Waals surface area contributed by atoms with Gasteiger partial charge in [0.05, 0.1) is 12.1 Å². The van der Waals surface area contributed by atoms with Crippen molar-refractivity contribution in [1.29, 1.82) is 0 Å². The van der Waals surface area contributed by atoms with Crippen molar-refractivity contribution in [2.45, 2.75) is 102 Å². The standard InChI is InChI=1S/C25H38N4O6/c1-23(2,3)35-22(33)29-14-25(6,21(31)32)17-15(11-12-26-19(17)29)13-27-18(24(4,5)34)20(30)28-16-9-7-8-10-16/h11-12,16,18,27,34H,7-10,13-14H2,1-6H3,(H,28,30)(H,31,32)/t18?,25-/m0/s1. The van der Waals surface area contributed by atoms with Gasteiger partial charge < -0.3 is 20.3 Å². The molecule has 0 bridgehead atoms. The topological polar surface area (TPSA) is 141 Å². The molecule has 2 aliphatic rings. The molecule has 194 valence electrons. The molecule has 1 aliphatic heterocycles. The summed E-state index contributed by atoms with van der Waals surface area (Å²) in [4.78, 5) is 43.8. The van der Waals surface area contributed by atoms with Crippen molar-refractivity contribution in [2.24, 2.45) is 0 Å². The van der Waals surface area contributed by atoms with E-state index in [2.05, 4.69) is 15.6 Å². The Kier molecular flexibility index (Phi) is 7.48. The molecule has 1 aromatic heterocycles. The van der Waals surface area contributed by atoms with Crippen LogP contribution in [-0.4, -0.2) is 63.0 Å². The fraction of sp³-hybridized carbons (Fsp3) is 0.680. The highest BCUT2D eigenvalue weighted by atomic mass is 16.6. The van der Waals surface area contributed by atoms with E-state index in [1.807, 2.05) is 0 Å². The average Bonchev–Trinajstić information content (AvgIpc) is 3.33. The van der Waals surface area contributed by atoms with Crippen LogP contribution in [0.5, 0.6) is 0 Å². The number of amides is 2. The molecule has 0 aromatic carbocycles. The number of carbonyl (C=O) groups is 3. The van der Waals surface area contributed by atoms with E-state index < -0.39 is 34.7 Å². The predicted molar refractivity (Wildman–Crippen MR) is 130 cm³/mol. The molecule has 0 radical (unpaired) electrons. The van der Waals surface area contributed by atoms with Crippen LogP contribution in [0, 0.1) is 0 Å². The Balaban J connectivity index is 1.89. The van der Waals surface area contributed by atoms with E-state index in [1.165, 1.54) is 11.1 Å². The molecule has 35 heavy (non-hydrogen) atoms. The summed E-state index contributed by atoms with van der Waals surface area (Å²) in [5, 5.41) is 26.9. The van der Waals surface area contributed by atoms with Crippen molar-refractivity contribution in [1.82, 2.24) is 15.6 Å². The third kappa shape index (κ3) is 5.92. The van der Waals surface area contributed by atoms with Crippen molar-refractivity contribution in [2.75, 3.05) is 11.4 Å². The van der Waals surface area contributed by atoms with E-state index in [4.69, 9.17) is 4.74 Å². The smallest absolute Gasteiger partial charge is 0.416 e. The number of carboxylic acids is 1. The van der Waals surface area contributed by atoms with Crippen LogP contribution >= 0.6 is 0 Å². The minimum atomic E-state index is -1.42. The summed E-state index contributed by atoms with van der Waals surface area (Å²) in [5.41, 5.74) is -2.58. The van der Waals surface area contributed by atoms with E-state index >= 15 is 0 Å². The number of carboxylic acid groups (broad SMARTS) is 1. The Morgan fingerprint density at radius 2 is 1.86 bits per heavy atom. The number of aliphatic carboxylic acids is 1. The number of ether oxygens (including phenoxy) is 1. The van der Waals surface area contributed by atoms with Gasteiger partial charge in [-0.1, -0.05) is 12.8 Å². The molecule has 1 saturated carbocycles. The minimum Gasteiger partial charge on any atom is -0.481 e. The highest BCUT2D eigenvalue weighted by Gasteiger charge is 2.50. The first-order chi connectivity index (χ1) is 16.1. The van der Waals surface area contributed by atoms with Crippen LogP contribution in [0.1, 0.15) is 78.4 Å². The lowest BCUT2D eigenvalue weighted by molar-refractivity contribution is -0.142. The van der Waals surface area contributed by atoms with Crippen molar-refractivity contribution in [3.05, 3.63) is 23.4 Å². The Bertz CT molecular complexity index is 977. The normalized spacial score (nSPS) is 21.5. The molecule has 1 aliphatic carbocycles. The first-order valence-corrected chi connectivity index (χ1v) is 12.1. The molecule has 2 heterocycles. The molecule has 2 atom stereocenters. The number of hydrogen-bond donors (Lipinski definition) is 4. The summed E-state index contributed by atoms with van der Waals surface area (Å²) in [6.07, 6.45) is 4.79. The summed E-state index contributed by atoms with van der Waals surface area (Å²) >= 11 is 0. The second-order valence-electron chi connectivity index (χ2n) is 11.3. The van der Waals surface area contributed by atoms with Crippen LogP contribution in [0.4, 0.5) is 10.6 Å². The summed E-state index contributed by atoms with van der Waals surface area (Å²) in [7, 11) is 0. The van der Waals surface area contributed by atoms with Crippen LogP contribution in [0.2, 0.25) is 0 Å². The Hall–Kier alpha value is -2.72. The van der Waals surface area contributed by atoms with Gasteiger partial charge in [-0.3, -0.25) is 19.8 Å². The molecule has 3 rings (SSSR count). The maximum absolute atomic E-state index is 13.0. The summed E-state index contributed by atoms with van der Waals surface area (Å²) in [5.74, 6) is -1.18. The molecular formula is C25H38N4O6. The van der Waals surface area contributed by atoms with Crippen LogP contribution in [0.25, 0.3) is 0 Å². The average molecular weight is 491 g/mol. The number of nitrogens with zero attached hydrogens (tertiary/aromatic N) is 2. The highest BCUT2D eigenvalue weighted by Crippen LogP contribution is 2.42. The number of carbonyl (C=O) groups excluding carboxylic acids is 2. The van der Waals surface area contributed by atoms with Gasteiger partial charge in [0, 0.05) is 24.3 Å². The molecule has 10 nitrogen and oxygen atoms in total. The number of nitrogens with one attached hydrogen (secondary N) is 2. The largest absolute Gasteiger partial charge is 0.481 e. The molecule has 1 fully saturated rings. The van der Waals surface area contributed by atoms with Gasteiger partial charge >= 0.3 is 12.1 Å². The van der Waals surface area contributed by atoms with E-state index in [-0.39, 0.29) is 30.9 Å². The van der Waals surface area contributed by atoms with Gasteiger partial charge in [0.2, 0.25) is 5.91 Å². The number of fused-ring (bicyclic) bond motifs is 1. The molecule has 0 saturated heterocycles. The van der Waals surface area contributed by atoms with Gasteiger partial charge in [0.1, 0.15) is 22.9 Å². The lowest BCUT2D eigenvalue weighted by atomic mass is 9.82. The first-order valence-electron chi connectivity index (χ1n) is 12.1. The fourth-order valence-electron chi connectivity index (χ4n) is 4.79. The third-order valence-electron chi connectivity index (χ3n) is 6.55. The zero-order valence-corrected chi connectivity index (χ0v) is 21.5. The molecule has 1 unspecified atom stereocenters. The van der Waals surface area contributed by atoms with Gasteiger partial charge in [-0.15, -0.1) is 0 Å². The van der Waals surface area contributed by atoms with E-state index in [0.717, 1.165) is 25.7 Å². The fourth-order valence-corrected chi connectivity index (χ4v) is 4.79. The Labute approximate surface area is 206 Å². The summed E-state index contributed by atoms with van der Waals surface area (Å²) < 4.78 is 5.48. The molecule has 0 spiro atoms. The van der Waals surface area contributed by atoms with Gasteiger partial charge in [-0.2, -0.15) is 0 Å². The molecule has 1 aromatic rings. The molecular weight excluding hydrogens is 452 g/mol. The number of anilines is 1. The SMILES string of the molecule is CC(C)(C)OC(=O)N1C[C@](C)(C(=O)O)c2c(CNC(C(=O)NC3CCCC3)C(C)(C)O)ccnc21. The van der Waals surface area contributed by atoms with Crippen LogP contribution < -0.4 is 15.5 Å². The van der Waals surface area contributed by atoms with Crippen LogP contribution in [0.3, 0.4) is 0 Å². The monoisotopic (exact) mass is 490 g/mol. The number of hydrogen-bond acceptors (Lipinski definition) is 7. The van der Waals surface area contributed by atoms with Crippen LogP contribution in [0.15, 0.2) is 12.3 Å². The number of aliphatic hydroxyl groups is 1. The van der Waals surface area contributed by atoms with Crippen molar-refractivity contribution in [3.8, 4) is 0 Å². The highest BCUT2D eigenvalue weighted by molar-refractivity contribution is 5.97. The molecule has 4 N–H and O–H groups in total. The van der Waals surface area contributed by atoms with Gasteiger partial charge in [-0.05, 0) is 66.0 Å². The van der Waals surface area contributed by atoms with E-state index in [1.54, 1.807) is 47.6 Å². The maximum atomic E-state index is 13.0. The van der Waals surface area contributed by atoms with Crippen molar-refractivity contribution in [3.63, 3.8) is 0 Å². The molecule has 2 amide bonds. The summed E-state index contributed by atoms with van der Waals surface area (Å²) in [6.45, 7) is 9.83. The third-order valence-corrected chi connectivity index (χ3v) is 6.55. The van der Waals surface area contributed by atoms with Crippen molar-refractivity contribution < 1.29 is 29.3 Å². The number of pyridine rings is 1. The van der Waals surface area contributed by atoms with Gasteiger partial charge in [-0.25, -0.2) is 9.78 Å². The maximum Gasteiger partial charge on any atom is 0.416 e. The Morgan fingerprint density at radius 1 is 1.23 bits per heavy atom.